The van der Waals surface area contributed by atoms with E-state index in [1.807, 2.05) is 18.3 Å². The van der Waals surface area contributed by atoms with Crippen molar-refractivity contribution in [1.29, 1.82) is 0 Å². The average Bonchev–Trinajstić information content (AvgIpc) is 3.12. The number of aliphatic imine (C=N–C) groups is 1. The van der Waals surface area contributed by atoms with Crippen LogP contribution in [-0.2, 0) is 12.8 Å². The Kier molecular flexibility index (Phi) is 10.6. The minimum absolute atomic E-state index is 0. The second-order valence-corrected chi connectivity index (χ2v) is 8.32. The van der Waals surface area contributed by atoms with E-state index in [1.165, 1.54) is 14.8 Å². The highest BCUT2D eigenvalue weighted by molar-refractivity contribution is 14.0. The number of aryl methyl sites for hydroxylation is 3. The third-order valence-corrected chi connectivity index (χ3v) is 5.57. The SMILES string of the molecule is CCNC(=NCCCc1nc(C)cs1)NC(C)Cc1ccc(C)s1.I. The molecule has 0 bridgehead atoms. The molecule has 0 fully saturated rings. The summed E-state index contributed by atoms with van der Waals surface area (Å²) in [5, 5.41) is 10.2. The number of guanidine groups is 1. The van der Waals surface area contributed by atoms with Crippen LogP contribution >= 0.6 is 46.7 Å². The zero-order valence-electron chi connectivity index (χ0n) is 15.5. The molecule has 4 nitrogen and oxygen atoms in total. The maximum absolute atomic E-state index is 4.70. The number of thiophene rings is 1. The molecule has 2 aromatic heterocycles. The molecule has 0 amide bonds. The minimum Gasteiger partial charge on any atom is -0.357 e. The molecular formula is C18H29IN4S2. The van der Waals surface area contributed by atoms with Gasteiger partial charge in [0.1, 0.15) is 0 Å². The zero-order chi connectivity index (χ0) is 17.4. The fraction of sp³-hybridized carbons (Fsp3) is 0.556. The van der Waals surface area contributed by atoms with Gasteiger partial charge in [-0.15, -0.1) is 46.7 Å². The second-order valence-electron chi connectivity index (χ2n) is 6.01. The molecule has 2 aromatic rings. The molecule has 0 aliphatic heterocycles. The fourth-order valence-corrected chi connectivity index (χ4v) is 4.28. The number of thiazole rings is 1. The van der Waals surface area contributed by atoms with Crippen molar-refractivity contribution >= 4 is 52.6 Å². The molecule has 0 aliphatic rings. The lowest BCUT2D eigenvalue weighted by Crippen LogP contribution is -2.43. The standard InChI is InChI=1S/C18H28N4S2.HI/c1-5-19-18(20-10-6-7-17-21-14(3)12-23-17)22-13(2)11-16-9-8-15(4)24-16;/h8-9,12-13H,5-7,10-11H2,1-4H3,(H2,19,20,22);1H. The van der Waals surface area contributed by atoms with Gasteiger partial charge in [0.2, 0.25) is 0 Å². The Balaban J connectivity index is 0.00000312. The van der Waals surface area contributed by atoms with E-state index in [0.29, 0.717) is 6.04 Å². The summed E-state index contributed by atoms with van der Waals surface area (Å²) in [4.78, 5) is 12.0. The number of aromatic nitrogens is 1. The van der Waals surface area contributed by atoms with Gasteiger partial charge in [-0.3, -0.25) is 4.99 Å². The molecule has 7 heteroatoms. The summed E-state index contributed by atoms with van der Waals surface area (Å²) in [7, 11) is 0. The topological polar surface area (TPSA) is 49.3 Å². The molecular weight excluding hydrogens is 463 g/mol. The monoisotopic (exact) mass is 492 g/mol. The van der Waals surface area contributed by atoms with E-state index in [2.05, 4.69) is 53.9 Å². The molecule has 1 unspecified atom stereocenters. The highest BCUT2D eigenvalue weighted by Gasteiger charge is 2.07. The Morgan fingerprint density at radius 2 is 2.12 bits per heavy atom. The predicted molar refractivity (Wildman–Crippen MR) is 122 cm³/mol. The summed E-state index contributed by atoms with van der Waals surface area (Å²) < 4.78 is 0. The Hall–Kier alpha value is -0.670. The first kappa shape index (κ1) is 22.4. The number of nitrogens with one attached hydrogen (secondary N) is 2. The first-order chi connectivity index (χ1) is 11.6. The van der Waals surface area contributed by atoms with Crippen molar-refractivity contribution < 1.29 is 0 Å². The average molecular weight is 492 g/mol. The Morgan fingerprint density at radius 3 is 2.72 bits per heavy atom. The van der Waals surface area contributed by atoms with Crippen LogP contribution in [0.15, 0.2) is 22.5 Å². The summed E-state index contributed by atoms with van der Waals surface area (Å²) in [6.07, 6.45) is 3.06. The van der Waals surface area contributed by atoms with Crippen LogP contribution in [0.4, 0.5) is 0 Å². The quantitative estimate of drug-likeness (QED) is 0.246. The Morgan fingerprint density at radius 1 is 1.32 bits per heavy atom. The van der Waals surface area contributed by atoms with Crippen LogP contribution < -0.4 is 10.6 Å². The highest BCUT2D eigenvalue weighted by atomic mass is 127. The van der Waals surface area contributed by atoms with Crippen LogP contribution in [0.1, 0.15) is 40.7 Å². The summed E-state index contributed by atoms with van der Waals surface area (Å²) in [6, 6.07) is 4.77. The van der Waals surface area contributed by atoms with E-state index in [4.69, 9.17) is 4.99 Å². The van der Waals surface area contributed by atoms with Gasteiger partial charge >= 0.3 is 0 Å². The van der Waals surface area contributed by atoms with Gasteiger partial charge in [-0.2, -0.15) is 0 Å². The van der Waals surface area contributed by atoms with Crippen LogP contribution in [0.2, 0.25) is 0 Å². The first-order valence-corrected chi connectivity index (χ1v) is 10.3. The molecule has 0 spiro atoms. The molecule has 0 saturated heterocycles. The maximum Gasteiger partial charge on any atom is 0.191 e. The van der Waals surface area contributed by atoms with E-state index >= 15 is 0 Å². The van der Waals surface area contributed by atoms with Crippen molar-refractivity contribution in [3.05, 3.63) is 38.0 Å². The molecule has 2 N–H and O–H groups in total. The fourth-order valence-electron chi connectivity index (χ4n) is 2.44. The smallest absolute Gasteiger partial charge is 0.191 e. The summed E-state index contributed by atoms with van der Waals surface area (Å²) in [5.74, 6) is 0.911. The lowest BCUT2D eigenvalue weighted by Gasteiger charge is -2.17. The molecule has 0 aromatic carbocycles. The van der Waals surface area contributed by atoms with Crippen LogP contribution in [0, 0.1) is 13.8 Å². The zero-order valence-corrected chi connectivity index (χ0v) is 19.4. The Bertz CT molecular complexity index is 651. The van der Waals surface area contributed by atoms with Gasteiger partial charge in [0.15, 0.2) is 5.96 Å². The summed E-state index contributed by atoms with van der Waals surface area (Å²) >= 11 is 3.61. The van der Waals surface area contributed by atoms with Crippen molar-refractivity contribution in [2.45, 2.75) is 53.0 Å². The van der Waals surface area contributed by atoms with Crippen molar-refractivity contribution in [3.63, 3.8) is 0 Å². The van der Waals surface area contributed by atoms with Crippen LogP contribution in [0.5, 0.6) is 0 Å². The van der Waals surface area contributed by atoms with Crippen LogP contribution in [-0.4, -0.2) is 30.1 Å². The molecule has 0 aliphatic carbocycles. The van der Waals surface area contributed by atoms with E-state index in [9.17, 15) is 0 Å². The lowest BCUT2D eigenvalue weighted by molar-refractivity contribution is 0.644. The molecule has 140 valence electrons. The molecule has 1 atom stereocenters. The van der Waals surface area contributed by atoms with Gasteiger partial charge in [-0.25, -0.2) is 4.98 Å². The normalized spacial score (nSPS) is 12.6. The Labute approximate surface area is 176 Å². The summed E-state index contributed by atoms with van der Waals surface area (Å²) in [6.45, 7) is 10.2. The molecule has 0 saturated carbocycles. The van der Waals surface area contributed by atoms with Gasteiger partial charge in [0.25, 0.3) is 0 Å². The molecule has 0 radical (unpaired) electrons. The van der Waals surface area contributed by atoms with E-state index in [-0.39, 0.29) is 24.0 Å². The largest absolute Gasteiger partial charge is 0.357 e. The maximum atomic E-state index is 4.70. The van der Waals surface area contributed by atoms with Gasteiger partial charge in [-0.05, 0) is 46.2 Å². The lowest BCUT2D eigenvalue weighted by atomic mass is 10.2. The van der Waals surface area contributed by atoms with Crippen molar-refractivity contribution in [1.82, 2.24) is 15.6 Å². The third-order valence-electron chi connectivity index (χ3n) is 3.52. The van der Waals surface area contributed by atoms with Crippen LogP contribution in [0.3, 0.4) is 0 Å². The van der Waals surface area contributed by atoms with Crippen molar-refractivity contribution in [2.75, 3.05) is 13.1 Å². The van der Waals surface area contributed by atoms with Crippen molar-refractivity contribution in [2.24, 2.45) is 4.99 Å². The number of rotatable bonds is 8. The van der Waals surface area contributed by atoms with Gasteiger partial charge in [0, 0.05) is 52.8 Å². The summed E-state index contributed by atoms with van der Waals surface area (Å²) in [5.41, 5.74) is 1.12. The van der Waals surface area contributed by atoms with Gasteiger partial charge in [-0.1, -0.05) is 0 Å². The van der Waals surface area contributed by atoms with Crippen LogP contribution in [0.25, 0.3) is 0 Å². The van der Waals surface area contributed by atoms with Gasteiger partial charge < -0.3 is 10.6 Å². The molecule has 2 rings (SSSR count). The predicted octanol–water partition coefficient (Wildman–Crippen LogP) is 4.56. The van der Waals surface area contributed by atoms with Crippen molar-refractivity contribution in [3.8, 4) is 0 Å². The van der Waals surface area contributed by atoms with E-state index in [0.717, 1.165) is 44.0 Å². The number of nitrogens with zero attached hydrogens (tertiary/aromatic N) is 2. The third kappa shape index (κ3) is 8.50. The van der Waals surface area contributed by atoms with Gasteiger partial charge in [0.05, 0.1) is 5.01 Å². The van der Waals surface area contributed by atoms with E-state index < -0.39 is 0 Å². The highest BCUT2D eigenvalue weighted by Crippen LogP contribution is 2.16. The number of hydrogen-bond acceptors (Lipinski definition) is 4. The second kappa shape index (κ2) is 11.9. The van der Waals surface area contributed by atoms with E-state index in [1.54, 1.807) is 11.3 Å². The number of hydrogen-bond donors (Lipinski definition) is 2. The number of halogens is 1. The molecule has 25 heavy (non-hydrogen) atoms. The molecule has 2 heterocycles. The minimum atomic E-state index is 0. The first-order valence-electron chi connectivity index (χ1n) is 8.58.